The third-order valence-corrected chi connectivity index (χ3v) is 5.88. The zero-order chi connectivity index (χ0) is 15.6. The van der Waals surface area contributed by atoms with Gasteiger partial charge < -0.3 is 10.2 Å². The van der Waals surface area contributed by atoms with Crippen LogP contribution in [-0.2, 0) is 5.54 Å². The number of aromatic nitrogens is 1. The van der Waals surface area contributed by atoms with Crippen LogP contribution in [0.3, 0.4) is 0 Å². The minimum Gasteiger partial charge on any atom is -0.303 e. The van der Waals surface area contributed by atoms with E-state index in [2.05, 4.69) is 51.8 Å². The van der Waals surface area contributed by atoms with Crippen molar-refractivity contribution in [2.75, 3.05) is 13.1 Å². The molecule has 1 fully saturated rings. The first-order valence-corrected chi connectivity index (χ1v) is 9.12. The van der Waals surface area contributed by atoms with E-state index in [0.29, 0.717) is 12.1 Å². The number of nitrogens with zero attached hydrogens (tertiary/aromatic N) is 2. The van der Waals surface area contributed by atoms with E-state index in [1.807, 2.05) is 11.3 Å². The second-order valence-corrected chi connectivity index (χ2v) is 8.23. The van der Waals surface area contributed by atoms with Gasteiger partial charge in [-0.05, 0) is 67.3 Å². The van der Waals surface area contributed by atoms with Crippen LogP contribution in [0.1, 0.15) is 62.5 Å². The highest BCUT2D eigenvalue weighted by Gasteiger charge is 2.37. The lowest BCUT2D eigenvalue weighted by Gasteiger charge is -2.34. The molecule has 1 aliphatic rings. The number of hydrogen-bond donors (Lipinski definition) is 1. The molecule has 2 heterocycles. The Kier molecular flexibility index (Phi) is 5.44. The fourth-order valence-corrected chi connectivity index (χ4v) is 4.45. The zero-order valence-electron chi connectivity index (χ0n) is 14.5. The van der Waals surface area contributed by atoms with Gasteiger partial charge in [-0.25, -0.2) is 4.98 Å². The molecular formula is C17H31N3S. The minimum absolute atomic E-state index is 0.0709. The molecule has 0 radical (unpaired) electrons. The van der Waals surface area contributed by atoms with Crippen LogP contribution >= 0.6 is 11.3 Å². The summed E-state index contributed by atoms with van der Waals surface area (Å²) in [6.45, 7) is 15.8. The van der Waals surface area contributed by atoms with Crippen LogP contribution in [0.15, 0.2) is 0 Å². The van der Waals surface area contributed by atoms with Gasteiger partial charge in [0.2, 0.25) is 0 Å². The van der Waals surface area contributed by atoms with E-state index in [0.717, 1.165) is 13.0 Å². The Balaban J connectivity index is 2.29. The highest BCUT2D eigenvalue weighted by Crippen LogP contribution is 2.37. The van der Waals surface area contributed by atoms with Crippen LogP contribution in [0.4, 0.5) is 0 Å². The van der Waals surface area contributed by atoms with Gasteiger partial charge >= 0.3 is 0 Å². The molecule has 1 aromatic heterocycles. The summed E-state index contributed by atoms with van der Waals surface area (Å²) in [5.74, 6) is 0. The number of rotatable bonds is 4. The van der Waals surface area contributed by atoms with Crippen molar-refractivity contribution >= 4 is 11.3 Å². The number of aryl methyl sites for hydroxylation is 2. The Morgan fingerprint density at radius 2 is 1.86 bits per heavy atom. The molecule has 0 bridgehead atoms. The second-order valence-electron chi connectivity index (χ2n) is 7.03. The molecule has 0 aliphatic carbocycles. The van der Waals surface area contributed by atoms with Gasteiger partial charge in [-0.1, -0.05) is 0 Å². The lowest BCUT2D eigenvalue weighted by molar-refractivity contribution is 0.213. The average molecular weight is 310 g/mol. The SMILES string of the molecule is Cc1nc(C2(NC(C)C)CCCN(C(C)C)CC2)sc1C. The molecule has 0 amide bonds. The number of nitrogens with one attached hydrogen (secondary N) is 1. The second kappa shape index (κ2) is 6.76. The maximum atomic E-state index is 4.91. The summed E-state index contributed by atoms with van der Waals surface area (Å²) in [6, 6.07) is 1.12. The molecule has 120 valence electrons. The highest BCUT2D eigenvalue weighted by molar-refractivity contribution is 7.11. The first-order valence-electron chi connectivity index (χ1n) is 8.30. The molecule has 0 saturated carbocycles. The van der Waals surface area contributed by atoms with Gasteiger partial charge in [-0.3, -0.25) is 0 Å². The van der Waals surface area contributed by atoms with E-state index >= 15 is 0 Å². The molecule has 3 nitrogen and oxygen atoms in total. The van der Waals surface area contributed by atoms with Crippen molar-refractivity contribution in [1.29, 1.82) is 0 Å². The molecule has 0 spiro atoms. The molecule has 1 saturated heterocycles. The van der Waals surface area contributed by atoms with E-state index in [1.54, 1.807) is 0 Å². The molecule has 0 aromatic carbocycles. The minimum atomic E-state index is 0.0709. The van der Waals surface area contributed by atoms with E-state index in [9.17, 15) is 0 Å². The third-order valence-electron chi connectivity index (χ3n) is 4.61. The largest absolute Gasteiger partial charge is 0.303 e. The van der Waals surface area contributed by atoms with Crippen molar-refractivity contribution in [3.05, 3.63) is 15.6 Å². The third kappa shape index (κ3) is 3.85. The maximum Gasteiger partial charge on any atom is 0.113 e. The number of likely N-dealkylation sites (tertiary alicyclic amines) is 1. The Bertz CT molecular complexity index is 447. The van der Waals surface area contributed by atoms with Crippen LogP contribution in [0, 0.1) is 13.8 Å². The standard InChI is InChI=1S/C17H31N3S/c1-12(2)19-17(16-18-14(5)15(6)21-16)8-7-10-20(11-9-17)13(3)4/h12-13,19H,7-11H2,1-6H3. The van der Waals surface area contributed by atoms with E-state index < -0.39 is 0 Å². The van der Waals surface area contributed by atoms with Gasteiger partial charge in [0.25, 0.3) is 0 Å². The van der Waals surface area contributed by atoms with Crippen LogP contribution in [0.5, 0.6) is 0 Å². The summed E-state index contributed by atoms with van der Waals surface area (Å²) in [7, 11) is 0. The normalized spacial score (nSPS) is 24.8. The van der Waals surface area contributed by atoms with E-state index in [-0.39, 0.29) is 5.54 Å². The Morgan fingerprint density at radius 1 is 1.14 bits per heavy atom. The maximum absolute atomic E-state index is 4.91. The van der Waals surface area contributed by atoms with Gasteiger partial charge in [0, 0.05) is 23.5 Å². The average Bonchev–Trinajstić information content (AvgIpc) is 2.62. The van der Waals surface area contributed by atoms with Gasteiger partial charge in [-0.2, -0.15) is 0 Å². The molecular weight excluding hydrogens is 278 g/mol. The first kappa shape index (κ1) is 16.9. The van der Waals surface area contributed by atoms with Crippen LogP contribution in [-0.4, -0.2) is 35.1 Å². The monoisotopic (exact) mass is 309 g/mol. The molecule has 1 unspecified atom stereocenters. The molecule has 21 heavy (non-hydrogen) atoms. The van der Waals surface area contributed by atoms with E-state index in [1.165, 1.54) is 35.0 Å². The summed E-state index contributed by atoms with van der Waals surface area (Å²) in [6.07, 6.45) is 3.60. The van der Waals surface area contributed by atoms with Gasteiger partial charge in [-0.15, -0.1) is 11.3 Å². The van der Waals surface area contributed by atoms with Gasteiger partial charge in [0.05, 0.1) is 11.2 Å². The Morgan fingerprint density at radius 3 is 2.38 bits per heavy atom. The summed E-state index contributed by atoms with van der Waals surface area (Å²) in [5, 5.41) is 5.18. The fourth-order valence-electron chi connectivity index (χ4n) is 3.32. The quantitative estimate of drug-likeness (QED) is 0.915. The molecule has 1 aliphatic heterocycles. The predicted molar refractivity (Wildman–Crippen MR) is 92.1 cm³/mol. The van der Waals surface area contributed by atoms with Crippen LogP contribution in [0.25, 0.3) is 0 Å². The Labute approximate surface area is 134 Å². The lowest BCUT2D eigenvalue weighted by atomic mass is 9.90. The van der Waals surface area contributed by atoms with Crippen molar-refractivity contribution in [1.82, 2.24) is 15.2 Å². The van der Waals surface area contributed by atoms with E-state index in [4.69, 9.17) is 4.98 Å². The molecule has 1 aromatic rings. The zero-order valence-corrected chi connectivity index (χ0v) is 15.3. The summed E-state index contributed by atoms with van der Waals surface area (Å²) in [4.78, 5) is 8.88. The van der Waals surface area contributed by atoms with Crippen LogP contribution < -0.4 is 5.32 Å². The van der Waals surface area contributed by atoms with Crippen molar-refractivity contribution in [2.45, 2.75) is 78.4 Å². The predicted octanol–water partition coefficient (Wildman–Crippen LogP) is 3.85. The summed E-state index contributed by atoms with van der Waals surface area (Å²) < 4.78 is 0. The van der Waals surface area contributed by atoms with Gasteiger partial charge in [0.15, 0.2) is 0 Å². The molecule has 1 atom stereocenters. The first-order chi connectivity index (χ1) is 9.84. The van der Waals surface area contributed by atoms with Crippen molar-refractivity contribution in [2.24, 2.45) is 0 Å². The van der Waals surface area contributed by atoms with Gasteiger partial charge in [0.1, 0.15) is 5.01 Å². The lowest BCUT2D eigenvalue weighted by Crippen LogP contribution is -2.47. The molecule has 1 N–H and O–H groups in total. The van der Waals surface area contributed by atoms with Crippen molar-refractivity contribution in [3.8, 4) is 0 Å². The number of thiazole rings is 1. The summed E-state index contributed by atoms with van der Waals surface area (Å²) in [5.41, 5.74) is 1.27. The topological polar surface area (TPSA) is 28.2 Å². The number of hydrogen-bond acceptors (Lipinski definition) is 4. The molecule has 4 heteroatoms. The summed E-state index contributed by atoms with van der Waals surface area (Å²) >= 11 is 1.89. The van der Waals surface area contributed by atoms with Crippen molar-refractivity contribution in [3.63, 3.8) is 0 Å². The fraction of sp³-hybridized carbons (Fsp3) is 0.824. The smallest absolute Gasteiger partial charge is 0.113 e. The molecule has 2 rings (SSSR count). The Hall–Kier alpha value is -0.450. The highest BCUT2D eigenvalue weighted by atomic mass is 32.1. The van der Waals surface area contributed by atoms with Crippen molar-refractivity contribution < 1.29 is 0 Å². The van der Waals surface area contributed by atoms with Crippen LogP contribution in [0.2, 0.25) is 0 Å².